The van der Waals surface area contributed by atoms with Crippen molar-refractivity contribution in [2.24, 2.45) is 0 Å². The van der Waals surface area contributed by atoms with Gasteiger partial charge < -0.3 is 137 Å². The smallest absolute Gasteiger partial charge is 0.187 e. The van der Waals surface area contributed by atoms with Crippen LogP contribution in [0.15, 0.2) is 0 Å². The molecule has 374 valence electrons. The number of rotatable bonds is 14. The molecule has 9 saturated heterocycles. The maximum atomic E-state index is 11.5. The molecule has 28 nitrogen and oxygen atoms in total. The monoisotopic (exact) mass is 950 g/mol. The Kier molecular flexibility index (Phi) is 15.0. The predicted octanol–water partition coefficient (Wildman–Crippen LogP) is -10.3. The molecule has 0 radical (unpaired) electrons. The van der Waals surface area contributed by atoms with Crippen LogP contribution in [0.4, 0.5) is 0 Å². The van der Waals surface area contributed by atoms with E-state index in [1.807, 2.05) is 0 Å². The minimum atomic E-state index is -1.87. The van der Waals surface area contributed by atoms with Gasteiger partial charge in [-0.3, -0.25) is 0 Å². The summed E-state index contributed by atoms with van der Waals surface area (Å²) in [5, 5.41) is 140. The summed E-state index contributed by atoms with van der Waals surface area (Å²) in [5.74, 6) is 0. The minimum absolute atomic E-state index is 0.0190. The summed E-state index contributed by atoms with van der Waals surface area (Å²) in [7, 11) is 1.34. The SMILES string of the molecule is COC[C@H]1O[C@@H](O[C@H]2[C@H]3OC[C@@H]2O[C@@H](O[C@H]2[C@@H](O)[C@@H](CO)O[C@@H](O[C@H]4[C@H]5OC[C@@H]4O[C@@H](O[C@@H]4[C@@H](O)[C@H](O)O[C@H](CO)[C@@H]4O)[C@H]5O)[C@@H]2O)[C@H]3O)[C@H](O)[C@@H](O[C@@H]2O[C@H]3CO[C@@H]([C@@H]2O)[C@@H]3O)[C@H]1O. The third kappa shape index (κ3) is 9.00. The molecule has 0 spiro atoms. The van der Waals surface area contributed by atoms with Crippen LogP contribution in [0.5, 0.6) is 0 Å². The summed E-state index contributed by atoms with van der Waals surface area (Å²) in [6.07, 6.45) is -43.5. The highest BCUT2D eigenvalue weighted by atomic mass is 16.8. The lowest BCUT2D eigenvalue weighted by Gasteiger charge is -2.48. The van der Waals surface area contributed by atoms with E-state index < -0.39 is 197 Å². The maximum absolute atomic E-state index is 11.5. The Morgan fingerprint density at radius 1 is 0.369 bits per heavy atom. The van der Waals surface area contributed by atoms with Gasteiger partial charge in [-0.2, -0.15) is 0 Å². The van der Waals surface area contributed by atoms with Gasteiger partial charge in [-0.05, 0) is 0 Å². The number of fused-ring (bicyclic) bond motifs is 6. The summed E-state index contributed by atoms with van der Waals surface area (Å²) in [4.78, 5) is 0. The average molecular weight is 951 g/mol. The summed E-state index contributed by atoms with van der Waals surface area (Å²) in [6.45, 7) is -2.11. The van der Waals surface area contributed by atoms with Crippen LogP contribution in [0.25, 0.3) is 0 Å². The van der Waals surface area contributed by atoms with Crippen molar-refractivity contribution in [3.63, 3.8) is 0 Å². The normalized spacial score (nSPS) is 56.6. The van der Waals surface area contributed by atoms with Crippen molar-refractivity contribution in [3.05, 3.63) is 0 Å². The summed E-state index contributed by atoms with van der Waals surface area (Å²) in [5.41, 5.74) is 0. The van der Waals surface area contributed by atoms with Gasteiger partial charge in [0.25, 0.3) is 0 Å². The molecule has 0 amide bonds. The number of methoxy groups -OCH3 is 1. The molecule has 0 unspecified atom stereocenters. The molecule has 0 aliphatic carbocycles. The first kappa shape index (κ1) is 48.9. The van der Waals surface area contributed by atoms with Gasteiger partial charge in [-0.15, -0.1) is 0 Å². The molecular formula is C37H58O28. The van der Waals surface area contributed by atoms with Gasteiger partial charge in [0.1, 0.15) is 146 Å². The van der Waals surface area contributed by atoms with Crippen LogP contribution >= 0.6 is 0 Å². The van der Waals surface area contributed by atoms with Gasteiger partial charge in [0.05, 0.1) is 39.6 Å². The van der Waals surface area contributed by atoms with E-state index in [0.29, 0.717) is 0 Å². The Morgan fingerprint density at radius 2 is 0.738 bits per heavy atom. The molecule has 0 aromatic rings. The zero-order valence-electron chi connectivity index (χ0n) is 34.5. The van der Waals surface area contributed by atoms with Crippen molar-refractivity contribution in [3.8, 4) is 0 Å². The lowest BCUT2D eigenvalue weighted by Crippen LogP contribution is -2.66. The van der Waals surface area contributed by atoms with Gasteiger partial charge >= 0.3 is 0 Å². The van der Waals surface area contributed by atoms with Crippen molar-refractivity contribution >= 4 is 0 Å². The lowest BCUT2D eigenvalue weighted by atomic mass is 9.96. The average Bonchev–Trinajstić information content (AvgIpc) is 3.88. The summed E-state index contributed by atoms with van der Waals surface area (Å²) >= 11 is 0. The van der Waals surface area contributed by atoms with E-state index in [9.17, 15) is 66.4 Å². The first-order valence-corrected chi connectivity index (χ1v) is 21.4. The molecular weight excluding hydrogens is 892 g/mol. The Balaban J connectivity index is 0.835. The minimum Gasteiger partial charge on any atom is -0.394 e. The molecule has 9 rings (SSSR count). The van der Waals surface area contributed by atoms with Gasteiger partial charge in [0, 0.05) is 7.11 Å². The highest BCUT2D eigenvalue weighted by Gasteiger charge is 2.61. The van der Waals surface area contributed by atoms with Gasteiger partial charge in [0.2, 0.25) is 0 Å². The largest absolute Gasteiger partial charge is 0.394 e. The second kappa shape index (κ2) is 19.9. The van der Waals surface area contributed by atoms with Crippen molar-refractivity contribution in [1.29, 1.82) is 0 Å². The number of aliphatic hydroxyl groups excluding tert-OH is 13. The highest BCUT2D eigenvalue weighted by molar-refractivity contribution is 5.03. The van der Waals surface area contributed by atoms with Crippen LogP contribution in [0, 0.1) is 0 Å². The Bertz CT molecular complexity index is 1570. The second-order valence-electron chi connectivity index (χ2n) is 17.4. The molecule has 6 bridgehead atoms. The van der Waals surface area contributed by atoms with E-state index >= 15 is 0 Å². The molecule has 28 heteroatoms. The number of aliphatic hydroxyl groups is 13. The van der Waals surface area contributed by atoms with Crippen LogP contribution in [-0.4, -0.2) is 297 Å². The Labute approximate surface area is 368 Å². The van der Waals surface area contributed by atoms with E-state index in [0.717, 1.165) is 0 Å². The van der Waals surface area contributed by atoms with Crippen molar-refractivity contribution in [1.82, 2.24) is 0 Å². The fraction of sp³-hybridized carbons (Fsp3) is 1.00. The van der Waals surface area contributed by atoms with E-state index in [1.54, 1.807) is 0 Å². The number of hydrogen-bond donors (Lipinski definition) is 13. The molecule has 0 aromatic carbocycles. The van der Waals surface area contributed by atoms with E-state index in [4.69, 9.17) is 71.1 Å². The van der Waals surface area contributed by atoms with Crippen LogP contribution in [0.1, 0.15) is 0 Å². The molecule has 13 N–H and O–H groups in total. The zero-order valence-corrected chi connectivity index (χ0v) is 34.5. The molecule has 9 fully saturated rings. The third-order valence-electron chi connectivity index (χ3n) is 13.3. The first-order valence-electron chi connectivity index (χ1n) is 21.4. The van der Waals surface area contributed by atoms with Crippen LogP contribution in [0.2, 0.25) is 0 Å². The summed E-state index contributed by atoms with van der Waals surface area (Å²) < 4.78 is 85.9. The standard InChI is InChI=1S/C37H58O28/c1-51-4-10-17(43)29(65-33-19(45)26-16(42)11(58-33)5-52-26)21(47)35(57-10)62-25-13-7-54-31(25)23(49)37(60-13)64-28-15(41)9(3-39)56-34(20(28)46)61-24-12-6-53-30(24)22(48)36(59-12)63-27-14(40)8(2-38)55-32(50)18(27)44/h8-50H,2-7H2,1H3/t8-,9-,10-,11+,12+,13+,14+,15+,16-,17+,18-,19+,20-,21-,22+,23+,24-,25-,26-,27+,28+,29+,30+,31+,32-,33+,34+,35+,36+,37+/m1/s1. The molecule has 9 aliphatic rings. The highest BCUT2D eigenvalue weighted by Crippen LogP contribution is 2.41. The Morgan fingerprint density at radius 3 is 1.23 bits per heavy atom. The maximum Gasteiger partial charge on any atom is 0.187 e. The molecule has 9 aliphatic heterocycles. The van der Waals surface area contributed by atoms with Gasteiger partial charge in [0.15, 0.2) is 37.7 Å². The van der Waals surface area contributed by atoms with E-state index in [-0.39, 0.29) is 26.4 Å². The molecule has 0 saturated carbocycles. The van der Waals surface area contributed by atoms with Crippen LogP contribution < -0.4 is 0 Å². The van der Waals surface area contributed by atoms with Gasteiger partial charge in [-0.25, -0.2) is 0 Å². The Hall–Kier alpha value is -1.12. The van der Waals surface area contributed by atoms with E-state index in [2.05, 4.69) is 0 Å². The van der Waals surface area contributed by atoms with Crippen molar-refractivity contribution in [2.75, 3.05) is 46.8 Å². The molecule has 0 aromatic heterocycles. The van der Waals surface area contributed by atoms with Crippen molar-refractivity contribution < 1.29 is 137 Å². The van der Waals surface area contributed by atoms with Crippen LogP contribution in [-0.2, 0) is 71.1 Å². The van der Waals surface area contributed by atoms with Crippen LogP contribution in [0.3, 0.4) is 0 Å². The molecule has 9 heterocycles. The zero-order chi connectivity index (χ0) is 46.2. The lowest BCUT2D eigenvalue weighted by molar-refractivity contribution is -0.380. The first-order chi connectivity index (χ1) is 31.1. The second-order valence-corrected chi connectivity index (χ2v) is 17.4. The fourth-order valence-electron chi connectivity index (χ4n) is 9.77. The topological polar surface area (TPSA) is 401 Å². The molecule has 30 atom stereocenters. The predicted molar refractivity (Wildman–Crippen MR) is 194 cm³/mol. The van der Waals surface area contributed by atoms with E-state index in [1.165, 1.54) is 7.11 Å². The molecule has 65 heavy (non-hydrogen) atoms. The van der Waals surface area contributed by atoms with Crippen molar-refractivity contribution in [2.45, 2.75) is 184 Å². The third-order valence-corrected chi connectivity index (χ3v) is 13.3. The quantitative estimate of drug-likeness (QED) is 0.0769. The number of ether oxygens (including phenoxy) is 15. The fourth-order valence-corrected chi connectivity index (χ4v) is 9.77. The summed E-state index contributed by atoms with van der Waals surface area (Å²) in [6, 6.07) is 0. The van der Waals surface area contributed by atoms with Gasteiger partial charge in [-0.1, -0.05) is 0 Å². The number of hydrogen-bond acceptors (Lipinski definition) is 28.